The number of aromatic nitrogens is 2. The van der Waals surface area contributed by atoms with Crippen LogP contribution in [0.5, 0.6) is 0 Å². The molecule has 84 valence electrons. The minimum atomic E-state index is -0.202. The van der Waals surface area contributed by atoms with Crippen LogP contribution < -0.4 is 4.73 Å². The molecule has 4 nitrogen and oxygen atoms in total. The number of ketones is 1. The lowest BCUT2D eigenvalue weighted by Crippen LogP contribution is -2.25. The molecule has 0 saturated heterocycles. The van der Waals surface area contributed by atoms with Gasteiger partial charge < -0.3 is 5.21 Å². The number of allylic oxidation sites excluding steroid dienone is 1. The summed E-state index contributed by atoms with van der Waals surface area (Å²) < 4.78 is 0.605. The van der Waals surface area contributed by atoms with Crippen LogP contribution in [0.25, 0.3) is 6.08 Å². The molecule has 0 unspecified atom stereocenters. The van der Waals surface area contributed by atoms with E-state index < -0.39 is 0 Å². The predicted molar refractivity (Wildman–Crippen MR) is 63.0 cm³/mol. The second-order valence-corrected chi connectivity index (χ2v) is 3.43. The third-order valence-electron chi connectivity index (χ3n) is 2.19. The first-order valence-corrected chi connectivity index (χ1v) is 5.07. The van der Waals surface area contributed by atoms with E-state index in [1.807, 2.05) is 0 Å². The van der Waals surface area contributed by atoms with Crippen molar-refractivity contribution in [2.24, 2.45) is 0 Å². The minimum Gasteiger partial charge on any atom is -0.619 e. The largest absolute Gasteiger partial charge is 0.619 e. The van der Waals surface area contributed by atoms with Crippen LogP contribution in [0, 0.1) is 5.21 Å². The van der Waals surface area contributed by atoms with Crippen LogP contribution in [0.2, 0.25) is 0 Å². The summed E-state index contributed by atoms with van der Waals surface area (Å²) in [6, 6.07) is 6.74. The van der Waals surface area contributed by atoms with Crippen LogP contribution in [0.1, 0.15) is 15.9 Å². The molecule has 0 aliphatic carbocycles. The lowest BCUT2D eigenvalue weighted by Gasteiger charge is -1.97. The van der Waals surface area contributed by atoms with Gasteiger partial charge in [-0.3, -0.25) is 9.78 Å². The zero-order valence-corrected chi connectivity index (χ0v) is 8.98. The Balaban J connectivity index is 2.15. The molecule has 0 fully saturated rings. The smallest absolute Gasteiger partial charge is 0.191 e. The Morgan fingerprint density at radius 3 is 2.76 bits per heavy atom. The van der Waals surface area contributed by atoms with Gasteiger partial charge in [0.25, 0.3) is 0 Å². The second kappa shape index (κ2) is 5.03. The molecule has 4 heteroatoms. The van der Waals surface area contributed by atoms with Gasteiger partial charge in [0.2, 0.25) is 0 Å². The monoisotopic (exact) mass is 226 g/mol. The lowest BCUT2D eigenvalue weighted by molar-refractivity contribution is -0.605. The molecule has 0 N–H and O–H groups in total. The highest BCUT2D eigenvalue weighted by molar-refractivity contribution is 6.06. The molecule has 0 amide bonds. The molecular weight excluding hydrogens is 216 g/mol. The molecule has 0 radical (unpaired) electrons. The van der Waals surface area contributed by atoms with E-state index >= 15 is 0 Å². The van der Waals surface area contributed by atoms with Crippen LogP contribution in [0.15, 0.2) is 55.1 Å². The van der Waals surface area contributed by atoms with Crippen LogP contribution >= 0.6 is 0 Å². The fourth-order valence-corrected chi connectivity index (χ4v) is 1.34. The molecule has 2 heterocycles. The number of carbonyl (C=O) groups excluding carboxylic acids is 1. The Morgan fingerprint density at radius 2 is 2.06 bits per heavy atom. The van der Waals surface area contributed by atoms with Gasteiger partial charge in [0.05, 0.1) is 5.56 Å². The highest BCUT2D eigenvalue weighted by atomic mass is 16.5. The molecule has 0 aliphatic heterocycles. The van der Waals surface area contributed by atoms with Crippen LogP contribution in [-0.2, 0) is 0 Å². The van der Waals surface area contributed by atoms with E-state index in [1.54, 1.807) is 42.7 Å². The van der Waals surface area contributed by atoms with Crippen LogP contribution in [-0.4, -0.2) is 10.8 Å². The van der Waals surface area contributed by atoms with Gasteiger partial charge in [-0.25, -0.2) is 0 Å². The maximum absolute atomic E-state index is 11.7. The van der Waals surface area contributed by atoms with E-state index in [0.717, 1.165) is 5.56 Å². The zero-order chi connectivity index (χ0) is 12.1. The van der Waals surface area contributed by atoms with Crippen LogP contribution in [0.4, 0.5) is 0 Å². The van der Waals surface area contributed by atoms with Gasteiger partial charge in [0.15, 0.2) is 18.2 Å². The number of hydrogen-bond acceptors (Lipinski definition) is 3. The highest BCUT2D eigenvalue weighted by Crippen LogP contribution is 2.03. The summed E-state index contributed by atoms with van der Waals surface area (Å²) in [6.45, 7) is 0. The molecule has 0 bridgehead atoms. The summed E-state index contributed by atoms with van der Waals surface area (Å²) in [7, 11) is 0. The second-order valence-electron chi connectivity index (χ2n) is 3.43. The maximum atomic E-state index is 11.7. The predicted octanol–water partition coefficient (Wildman–Crippen LogP) is 1.61. The third-order valence-corrected chi connectivity index (χ3v) is 2.19. The molecule has 0 atom stereocenters. The first kappa shape index (κ1) is 11.0. The number of carbonyl (C=O) groups is 1. The normalized spacial score (nSPS) is 10.6. The van der Waals surface area contributed by atoms with Crippen molar-refractivity contribution in [2.45, 2.75) is 0 Å². The Hall–Kier alpha value is -2.49. The average molecular weight is 226 g/mol. The molecule has 2 aromatic heterocycles. The fraction of sp³-hybridized carbons (Fsp3) is 0. The van der Waals surface area contributed by atoms with Gasteiger partial charge >= 0.3 is 0 Å². The van der Waals surface area contributed by atoms with Crippen molar-refractivity contribution >= 4 is 11.9 Å². The van der Waals surface area contributed by atoms with Gasteiger partial charge in [-0.15, -0.1) is 0 Å². The van der Waals surface area contributed by atoms with Crippen molar-refractivity contribution in [2.75, 3.05) is 0 Å². The summed E-state index contributed by atoms with van der Waals surface area (Å²) in [5.41, 5.74) is 1.26. The summed E-state index contributed by atoms with van der Waals surface area (Å²) in [5, 5.41) is 11.0. The van der Waals surface area contributed by atoms with E-state index in [4.69, 9.17) is 0 Å². The van der Waals surface area contributed by atoms with Crippen molar-refractivity contribution in [1.29, 1.82) is 0 Å². The molecule has 2 aromatic rings. The third kappa shape index (κ3) is 2.98. The summed E-state index contributed by atoms with van der Waals surface area (Å²) in [6.07, 6.45) is 9.01. The number of rotatable bonds is 3. The van der Waals surface area contributed by atoms with Crippen molar-refractivity contribution in [3.8, 4) is 0 Å². The quantitative estimate of drug-likeness (QED) is 0.346. The van der Waals surface area contributed by atoms with Crippen LogP contribution in [0.3, 0.4) is 0 Å². The topological polar surface area (TPSA) is 56.9 Å². The van der Waals surface area contributed by atoms with Crippen molar-refractivity contribution in [3.05, 3.63) is 71.5 Å². The molecule has 17 heavy (non-hydrogen) atoms. The molecule has 2 rings (SSSR count). The Morgan fingerprint density at radius 1 is 1.29 bits per heavy atom. The van der Waals surface area contributed by atoms with E-state index in [2.05, 4.69) is 4.98 Å². The Bertz CT molecular complexity index is 550. The van der Waals surface area contributed by atoms with Crippen molar-refractivity contribution in [1.82, 2.24) is 4.98 Å². The van der Waals surface area contributed by atoms with Gasteiger partial charge in [0.1, 0.15) is 0 Å². The van der Waals surface area contributed by atoms with E-state index in [-0.39, 0.29) is 5.78 Å². The first-order valence-electron chi connectivity index (χ1n) is 5.07. The minimum absolute atomic E-state index is 0.202. The number of hydrogen-bond donors (Lipinski definition) is 0. The van der Waals surface area contributed by atoms with E-state index in [9.17, 15) is 10.0 Å². The summed E-state index contributed by atoms with van der Waals surface area (Å²) in [5.74, 6) is -0.202. The SMILES string of the molecule is O=C(/C=C\c1ccncc1)c1ccc[n+]([O-])c1. The van der Waals surface area contributed by atoms with Gasteiger partial charge in [0, 0.05) is 18.5 Å². The van der Waals surface area contributed by atoms with Gasteiger partial charge in [-0.1, -0.05) is 6.08 Å². The molecule has 0 aromatic carbocycles. The van der Waals surface area contributed by atoms with Gasteiger partial charge in [-0.05, 0) is 29.8 Å². The maximum Gasteiger partial charge on any atom is 0.191 e. The molecule has 0 spiro atoms. The van der Waals surface area contributed by atoms with Crippen molar-refractivity contribution < 1.29 is 9.52 Å². The summed E-state index contributed by atoms with van der Waals surface area (Å²) >= 11 is 0. The number of pyridine rings is 2. The fourth-order valence-electron chi connectivity index (χ4n) is 1.34. The van der Waals surface area contributed by atoms with E-state index in [1.165, 1.54) is 18.5 Å². The Kier molecular flexibility index (Phi) is 3.25. The standard InChI is InChI=1S/C13H10N2O2/c16-13(12-2-1-9-15(17)10-12)4-3-11-5-7-14-8-6-11/h1-10H/b4-3-. The Labute approximate surface area is 98.5 Å². The number of nitrogens with zero attached hydrogens (tertiary/aromatic N) is 2. The van der Waals surface area contributed by atoms with E-state index in [0.29, 0.717) is 10.3 Å². The average Bonchev–Trinajstić information content (AvgIpc) is 2.37. The van der Waals surface area contributed by atoms with Gasteiger partial charge in [-0.2, -0.15) is 4.73 Å². The first-order chi connectivity index (χ1) is 8.25. The highest BCUT2D eigenvalue weighted by Gasteiger charge is 2.04. The lowest BCUT2D eigenvalue weighted by atomic mass is 10.1. The molecule has 0 saturated carbocycles. The molecular formula is C13H10N2O2. The zero-order valence-electron chi connectivity index (χ0n) is 8.98. The van der Waals surface area contributed by atoms with Crippen molar-refractivity contribution in [3.63, 3.8) is 0 Å². The molecule has 0 aliphatic rings. The summed E-state index contributed by atoms with van der Waals surface area (Å²) in [4.78, 5) is 15.6.